The number of amides is 2. The number of carbonyl (C=O) groups is 2. The number of hydrogen-bond acceptors (Lipinski definition) is 5. The molecule has 0 aliphatic rings. The third-order valence-electron chi connectivity index (χ3n) is 1.84. The number of nitrogens with one attached hydrogen (secondary N) is 1. The summed E-state index contributed by atoms with van der Waals surface area (Å²) in [5, 5.41) is 3.51. The lowest BCUT2D eigenvalue weighted by Gasteiger charge is -2.01. The number of hydrogen-bond donors (Lipinski definition) is 2. The van der Waals surface area contributed by atoms with Crippen LogP contribution in [0.3, 0.4) is 0 Å². The summed E-state index contributed by atoms with van der Waals surface area (Å²) in [6, 6.07) is -0.720. The topological polar surface area (TPSA) is 94.3 Å². The van der Waals surface area contributed by atoms with E-state index in [1.54, 1.807) is 6.92 Å². The lowest BCUT2D eigenvalue weighted by Crippen LogP contribution is -2.20. The van der Waals surface area contributed by atoms with E-state index in [0.717, 1.165) is 17.8 Å². The average Bonchev–Trinajstić information content (AvgIpc) is 2.61. The molecule has 0 saturated carbocycles. The Bertz CT molecular complexity index is 417. The van der Waals surface area contributed by atoms with Crippen molar-refractivity contribution in [2.45, 2.75) is 26.7 Å². The van der Waals surface area contributed by atoms with Crippen LogP contribution in [0.1, 0.15) is 35.8 Å². The van der Waals surface area contributed by atoms with Crippen molar-refractivity contribution in [3.8, 4) is 0 Å². The molecule has 3 N–H and O–H groups in total. The minimum Gasteiger partial charge on any atom is -0.461 e. The first kappa shape index (κ1) is 13.4. The third-order valence-corrected chi connectivity index (χ3v) is 2.87. The molecule has 0 radical (unpaired) electrons. The normalized spacial score (nSPS) is 10.0. The molecule has 0 aliphatic carbocycles. The molecule has 17 heavy (non-hydrogen) atoms. The fourth-order valence-corrected chi connectivity index (χ4v) is 2.28. The summed E-state index contributed by atoms with van der Waals surface area (Å²) in [5.41, 5.74) is 5.15. The Balaban J connectivity index is 2.98. The van der Waals surface area contributed by atoms with E-state index in [-0.39, 0.29) is 12.3 Å². The number of carbonyl (C=O) groups excluding carboxylic acids is 2. The molecule has 1 rings (SSSR count). The van der Waals surface area contributed by atoms with Gasteiger partial charge in [0.15, 0.2) is 5.69 Å². The van der Waals surface area contributed by atoms with E-state index in [9.17, 15) is 9.59 Å². The van der Waals surface area contributed by atoms with Crippen LogP contribution in [0.15, 0.2) is 0 Å². The Morgan fingerprint density at radius 2 is 2.18 bits per heavy atom. The molecule has 94 valence electrons. The lowest BCUT2D eigenvalue weighted by atomic mass is 10.3. The van der Waals surface area contributed by atoms with Gasteiger partial charge in [-0.15, -0.1) is 11.3 Å². The number of ether oxygens (including phenoxy) is 1. The van der Waals surface area contributed by atoms with Gasteiger partial charge in [-0.3, -0.25) is 5.32 Å². The Morgan fingerprint density at radius 1 is 1.47 bits per heavy atom. The van der Waals surface area contributed by atoms with E-state index >= 15 is 0 Å². The smallest absolute Gasteiger partial charge is 0.360 e. The number of primary amides is 1. The third kappa shape index (κ3) is 3.70. The van der Waals surface area contributed by atoms with Gasteiger partial charge >= 0.3 is 12.0 Å². The van der Waals surface area contributed by atoms with Crippen LogP contribution in [0.2, 0.25) is 0 Å². The van der Waals surface area contributed by atoms with E-state index in [1.807, 2.05) is 6.92 Å². The fourth-order valence-electron chi connectivity index (χ4n) is 1.22. The maximum atomic E-state index is 11.6. The minimum atomic E-state index is -0.720. The van der Waals surface area contributed by atoms with Crippen molar-refractivity contribution in [1.82, 2.24) is 4.98 Å². The number of aromatic nitrogens is 1. The van der Waals surface area contributed by atoms with Gasteiger partial charge in [0.2, 0.25) is 0 Å². The molecular formula is C10H15N3O3S. The maximum absolute atomic E-state index is 11.6. The van der Waals surface area contributed by atoms with Crippen molar-refractivity contribution in [2.75, 3.05) is 11.9 Å². The van der Waals surface area contributed by atoms with Crippen LogP contribution in [0.5, 0.6) is 0 Å². The summed E-state index contributed by atoms with van der Waals surface area (Å²) in [7, 11) is 0. The SMILES string of the molecule is CCCc1nc(C(=O)OCC)c(NC(N)=O)s1. The van der Waals surface area contributed by atoms with Gasteiger partial charge in [-0.05, 0) is 19.8 Å². The van der Waals surface area contributed by atoms with E-state index in [1.165, 1.54) is 11.3 Å². The first-order valence-corrected chi connectivity index (χ1v) is 6.13. The quantitative estimate of drug-likeness (QED) is 0.786. The number of rotatable bonds is 5. The number of nitrogens with two attached hydrogens (primary N) is 1. The number of aryl methyl sites for hydroxylation is 1. The Morgan fingerprint density at radius 3 is 2.71 bits per heavy atom. The minimum absolute atomic E-state index is 0.124. The molecule has 2 amide bonds. The molecule has 1 aromatic heterocycles. The first-order chi connectivity index (χ1) is 8.08. The Kier molecular flexibility index (Phi) is 4.89. The zero-order valence-corrected chi connectivity index (χ0v) is 10.6. The number of anilines is 1. The van der Waals surface area contributed by atoms with Crippen LogP contribution in [0.25, 0.3) is 0 Å². The number of thiazole rings is 1. The second-order valence-corrected chi connectivity index (χ2v) is 4.33. The molecule has 0 spiro atoms. The van der Waals surface area contributed by atoms with Gasteiger partial charge in [0, 0.05) is 0 Å². The molecule has 0 atom stereocenters. The summed E-state index contributed by atoms with van der Waals surface area (Å²) in [4.78, 5) is 26.5. The van der Waals surface area contributed by atoms with Crippen molar-refractivity contribution < 1.29 is 14.3 Å². The van der Waals surface area contributed by atoms with Gasteiger partial charge in [-0.2, -0.15) is 0 Å². The molecule has 1 aromatic rings. The van der Waals surface area contributed by atoms with Crippen molar-refractivity contribution in [3.05, 3.63) is 10.7 Å². The van der Waals surface area contributed by atoms with Crippen LogP contribution in [-0.2, 0) is 11.2 Å². The molecular weight excluding hydrogens is 242 g/mol. The lowest BCUT2D eigenvalue weighted by molar-refractivity contribution is 0.0521. The summed E-state index contributed by atoms with van der Waals surface area (Å²) in [6.45, 7) is 3.97. The second-order valence-electron chi connectivity index (χ2n) is 3.25. The zero-order valence-electron chi connectivity index (χ0n) is 9.78. The molecule has 0 fully saturated rings. The Hall–Kier alpha value is -1.63. The summed E-state index contributed by atoms with van der Waals surface area (Å²) < 4.78 is 4.85. The Labute approximate surface area is 103 Å². The van der Waals surface area contributed by atoms with Gasteiger partial charge in [-0.1, -0.05) is 6.92 Å². The van der Waals surface area contributed by atoms with Gasteiger partial charge in [0.1, 0.15) is 5.00 Å². The van der Waals surface area contributed by atoms with Crippen LogP contribution < -0.4 is 11.1 Å². The number of nitrogens with zero attached hydrogens (tertiary/aromatic N) is 1. The van der Waals surface area contributed by atoms with Gasteiger partial charge in [0.25, 0.3) is 0 Å². The fraction of sp³-hybridized carbons (Fsp3) is 0.500. The molecule has 1 heterocycles. The zero-order chi connectivity index (χ0) is 12.8. The predicted octanol–water partition coefficient (Wildman–Crippen LogP) is 1.76. The highest BCUT2D eigenvalue weighted by molar-refractivity contribution is 7.16. The largest absolute Gasteiger partial charge is 0.461 e. The average molecular weight is 257 g/mol. The first-order valence-electron chi connectivity index (χ1n) is 5.31. The van der Waals surface area contributed by atoms with Crippen molar-refractivity contribution in [3.63, 3.8) is 0 Å². The monoisotopic (exact) mass is 257 g/mol. The van der Waals surface area contributed by atoms with Crippen molar-refractivity contribution >= 4 is 28.3 Å². The van der Waals surface area contributed by atoms with Gasteiger partial charge < -0.3 is 10.5 Å². The molecule has 6 nitrogen and oxygen atoms in total. The van der Waals surface area contributed by atoms with E-state index in [2.05, 4.69) is 10.3 Å². The van der Waals surface area contributed by atoms with Crippen LogP contribution in [0.4, 0.5) is 9.80 Å². The summed E-state index contributed by atoms with van der Waals surface area (Å²) in [6.07, 6.45) is 1.66. The van der Waals surface area contributed by atoms with Crippen molar-refractivity contribution in [1.29, 1.82) is 0 Å². The van der Waals surface area contributed by atoms with Crippen LogP contribution >= 0.6 is 11.3 Å². The standard InChI is InChI=1S/C10H15N3O3S/c1-3-5-6-12-7(9(14)16-4-2)8(17-6)13-10(11)15/h3-5H2,1-2H3,(H3,11,13,15). The molecule has 0 aliphatic heterocycles. The molecule has 7 heteroatoms. The highest BCUT2D eigenvalue weighted by atomic mass is 32.1. The number of esters is 1. The van der Waals surface area contributed by atoms with Gasteiger partial charge in [0.05, 0.1) is 11.6 Å². The molecule has 0 aromatic carbocycles. The second kappa shape index (κ2) is 6.19. The van der Waals surface area contributed by atoms with Crippen LogP contribution in [-0.4, -0.2) is 23.6 Å². The highest BCUT2D eigenvalue weighted by Gasteiger charge is 2.19. The molecule has 0 unspecified atom stereocenters. The van der Waals surface area contributed by atoms with Crippen molar-refractivity contribution in [2.24, 2.45) is 5.73 Å². The number of urea groups is 1. The summed E-state index contributed by atoms with van der Waals surface area (Å²) in [5.74, 6) is -0.546. The molecule has 0 bridgehead atoms. The van der Waals surface area contributed by atoms with E-state index < -0.39 is 12.0 Å². The summed E-state index contributed by atoms with van der Waals surface area (Å²) >= 11 is 1.24. The highest BCUT2D eigenvalue weighted by Crippen LogP contribution is 2.26. The van der Waals surface area contributed by atoms with Gasteiger partial charge in [-0.25, -0.2) is 14.6 Å². The molecule has 0 saturated heterocycles. The van der Waals surface area contributed by atoms with Crippen LogP contribution in [0, 0.1) is 0 Å². The van der Waals surface area contributed by atoms with E-state index in [0.29, 0.717) is 5.00 Å². The predicted molar refractivity (Wildman–Crippen MR) is 65.3 cm³/mol. The van der Waals surface area contributed by atoms with E-state index in [4.69, 9.17) is 10.5 Å². The maximum Gasteiger partial charge on any atom is 0.360 e.